The van der Waals surface area contributed by atoms with Crippen LogP contribution in [0.2, 0.25) is 5.02 Å². The fourth-order valence-electron chi connectivity index (χ4n) is 4.00. The summed E-state index contributed by atoms with van der Waals surface area (Å²) in [6, 6.07) is 11.2. The predicted octanol–water partition coefficient (Wildman–Crippen LogP) is 4.68. The molecule has 4 rings (SSSR count). The van der Waals surface area contributed by atoms with E-state index in [4.69, 9.17) is 21.4 Å². The molecule has 0 N–H and O–H groups in total. The summed E-state index contributed by atoms with van der Waals surface area (Å²) in [7, 11) is 1.94. The lowest BCUT2D eigenvalue weighted by Crippen LogP contribution is -2.39. The summed E-state index contributed by atoms with van der Waals surface area (Å²) in [5.41, 5.74) is 4.75. The Bertz CT molecular complexity index is 1080. The Morgan fingerprint density at radius 2 is 2.07 bits per heavy atom. The molecule has 0 saturated heterocycles. The van der Waals surface area contributed by atoms with Gasteiger partial charge in [0.2, 0.25) is 5.88 Å². The molecule has 0 aliphatic carbocycles. The minimum atomic E-state index is -0.132. The van der Waals surface area contributed by atoms with Gasteiger partial charge < -0.3 is 9.64 Å². The third-order valence-electron chi connectivity index (χ3n) is 5.34. The van der Waals surface area contributed by atoms with Gasteiger partial charge in [-0.15, -0.1) is 0 Å². The average Bonchev–Trinajstić information content (AvgIpc) is 3.05. The second-order valence-corrected chi connectivity index (χ2v) is 8.26. The van der Waals surface area contributed by atoms with Crippen LogP contribution >= 0.6 is 11.6 Å². The van der Waals surface area contributed by atoms with Crippen molar-refractivity contribution in [1.82, 2.24) is 19.7 Å². The van der Waals surface area contributed by atoms with Crippen molar-refractivity contribution >= 4 is 17.5 Å². The number of rotatable bonds is 4. The van der Waals surface area contributed by atoms with E-state index in [1.54, 1.807) is 18.3 Å². The van der Waals surface area contributed by atoms with Gasteiger partial charge in [-0.3, -0.25) is 9.48 Å². The lowest BCUT2D eigenvalue weighted by atomic mass is 9.95. The Morgan fingerprint density at radius 1 is 1.27 bits per heavy atom. The number of halogens is 1. The molecule has 0 fully saturated rings. The van der Waals surface area contributed by atoms with Crippen molar-refractivity contribution in [3.63, 3.8) is 0 Å². The molecule has 7 heteroatoms. The number of fused-ring (bicyclic) bond motifs is 1. The highest BCUT2D eigenvalue weighted by Gasteiger charge is 2.33. The van der Waals surface area contributed by atoms with Crippen LogP contribution in [0.3, 0.4) is 0 Å². The van der Waals surface area contributed by atoms with Gasteiger partial charge in [0.25, 0.3) is 5.91 Å². The molecule has 3 heterocycles. The monoisotopic (exact) mass is 424 g/mol. The van der Waals surface area contributed by atoms with Crippen LogP contribution in [0.4, 0.5) is 0 Å². The summed E-state index contributed by atoms with van der Waals surface area (Å²) in [4.78, 5) is 19.3. The molecular formula is C23H25ClN4O2. The molecule has 0 saturated carbocycles. The van der Waals surface area contributed by atoms with Crippen molar-refractivity contribution in [3.8, 4) is 17.1 Å². The van der Waals surface area contributed by atoms with Crippen LogP contribution in [0.5, 0.6) is 5.88 Å². The molecule has 156 valence electrons. The van der Waals surface area contributed by atoms with Gasteiger partial charge in [-0.05, 0) is 45.4 Å². The van der Waals surface area contributed by atoms with Crippen LogP contribution in [0.25, 0.3) is 11.3 Å². The zero-order valence-electron chi connectivity index (χ0n) is 17.6. The normalized spacial score (nSPS) is 15.9. The van der Waals surface area contributed by atoms with E-state index in [0.29, 0.717) is 23.0 Å². The smallest absolute Gasteiger partial charge is 0.255 e. The molecule has 1 aliphatic rings. The summed E-state index contributed by atoms with van der Waals surface area (Å²) < 4.78 is 7.46. The molecule has 0 spiro atoms. The molecule has 30 heavy (non-hydrogen) atoms. The Morgan fingerprint density at radius 3 is 2.73 bits per heavy atom. The number of aromatic nitrogens is 3. The number of pyridine rings is 1. The molecule has 1 atom stereocenters. The topological polar surface area (TPSA) is 60.2 Å². The Labute approximate surface area is 181 Å². The van der Waals surface area contributed by atoms with E-state index in [-0.39, 0.29) is 18.1 Å². The van der Waals surface area contributed by atoms with Crippen molar-refractivity contribution in [3.05, 3.63) is 64.4 Å². The number of aryl methyl sites for hydroxylation is 1. The standard InChI is InChI=1S/C23H25ClN4O2/c1-14(2)30-20-9-8-17(13-25-20)23(29)28-11-10-19-21(15(28)3)26-27(4)22(19)16-6-5-7-18(24)12-16/h5-9,12-15H,10-11H2,1-4H3. The summed E-state index contributed by atoms with van der Waals surface area (Å²) in [6.45, 7) is 6.53. The highest BCUT2D eigenvalue weighted by Crippen LogP contribution is 2.36. The van der Waals surface area contributed by atoms with Gasteiger partial charge in [0.1, 0.15) is 0 Å². The second kappa shape index (κ2) is 8.11. The molecule has 6 nitrogen and oxygen atoms in total. The maximum Gasteiger partial charge on any atom is 0.255 e. The fourth-order valence-corrected chi connectivity index (χ4v) is 4.19. The van der Waals surface area contributed by atoms with Crippen LogP contribution in [-0.2, 0) is 13.5 Å². The number of nitrogens with zero attached hydrogens (tertiary/aromatic N) is 4. The zero-order chi connectivity index (χ0) is 21.4. The number of hydrogen-bond acceptors (Lipinski definition) is 4. The van der Waals surface area contributed by atoms with Crippen molar-refractivity contribution < 1.29 is 9.53 Å². The minimum absolute atomic E-state index is 0.0393. The summed E-state index contributed by atoms with van der Waals surface area (Å²) in [5.74, 6) is 0.470. The van der Waals surface area contributed by atoms with E-state index in [0.717, 1.165) is 23.4 Å². The van der Waals surface area contributed by atoms with E-state index < -0.39 is 0 Å². The molecule has 3 aromatic rings. The number of hydrogen-bond donors (Lipinski definition) is 0. The average molecular weight is 425 g/mol. The van der Waals surface area contributed by atoms with Crippen LogP contribution in [0.15, 0.2) is 42.6 Å². The summed E-state index contributed by atoms with van der Waals surface area (Å²) >= 11 is 6.20. The van der Waals surface area contributed by atoms with Crippen molar-refractivity contribution in [1.29, 1.82) is 0 Å². The number of amides is 1. The highest BCUT2D eigenvalue weighted by molar-refractivity contribution is 6.30. The molecule has 0 radical (unpaired) electrons. The quantitative estimate of drug-likeness (QED) is 0.610. The molecule has 1 aliphatic heterocycles. The second-order valence-electron chi connectivity index (χ2n) is 7.82. The molecule has 0 bridgehead atoms. The highest BCUT2D eigenvalue weighted by atomic mass is 35.5. The van der Waals surface area contributed by atoms with E-state index in [2.05, 4.69) is 4.98 Å². The Kier molecular flexibility index (Phi) is 5.52. The number of ether oxygens (including phenoxy) is 1. The van der Waals surface area contributed by atoms with Crippen LogP contribution in [0.1, 0.15) is 48.4 Å². The molecule has 1 aromatic carbocycles. The van der Waals surface area contributed by atoms with Gasteiger partial charge in [-0.25, -0.2) is 4.98 Å². The molecular weight excluding hydrogens is 400 g/mol. The van der Waals surface area contributed by atoms with Crippen LogP contribution < -0.4 is 4.74 Å². The third kappa shape index (κ3) is 3.79. The Balaban J connectivity index is 1.60. The van der Waals surface area contributed by atoms with Crippen molar-refractivity contribution in [2.24, 2.45) is 7.05 Å². The number of benzene rings is 1. The summed E-state index contributed by atoms with van der Waals surface area (Å²) in [6.07, 6.45) is 2.36. The predicted molar refractivity (Wildman–Crippen MR) is 117 cm³/mol. The first-order chi connectivity index (χ1) is 14.3. The van der Waals surface area contributed by atoms with Crippen molar-refractivity contribution in [2.45, 2.75) is 39.3 Å². The summed E-state index contributed by atoms with van der Waals surface area (Å²) in [5, 5.41) is 5.45. The largest absolute Gasteiger partial charge is 0.475 e. The van der Waals surface area contributed by atoms with E-state index in [1.807, 2.05) is 61.7 Å². The van der Waals surface area contributed by atoms with Gasteiger partial charge in [-0.1, -0.05) is 23.7 Å². The minimum Gasteiger partial charge on any atom is -0.475 e. The number of carbonyl (C=O) groups is 1. The van der Waals surface area contributed by atoms with Gasteiger partial charge in [0.05, 0.1) is 29.1 Å². The van der Waals surface area contributed by atoms with Gasteiger partial charge in [0.15, 0.2) is 0 Å². The first-order valence-corrected chi connectivity index (χ1v) is 10.5. The van der Waals surface area contributed by atoms with Gasteiger partial charge >= 0.3 is 0 Å². The number of carbonyl (C=O) groups excluding carboxylic acids is 1. The van der Waals surface area contributed by atoms with Gasteiger partial charge in [0, 0.05) is 42.0 Å². The zero-order valence-corrected chi connectivity index (χ0v) is 18.3. The maximum atomic E-state index is 13.2. The first kappa shape index (κ1) is 20.4. The van der Waals surface area contributed by atoms with E-state index in [1.165, 1.54) is 5.56 Å². The molecule has 2 aromatic heterocycles. The Hall–Kier alpha value is -2.86. The van der Waals surface area contributed by atoms with Crippen molar-refractivity contribution in [2.75, 3.05) is 6.54 Å². The first-order valence-electron chi connectivity index (χ1n) is 10.1. The third-order valence-corrected chi connectivity index (χ3v) is 5.58. The molecule has 1 amide bonds. The van der Waals surface area contributed by atoms with Crippen LogP contribution in [0, 0.1) is 0 Å². The molecule has 1 unspecified atom stereocenters. The SMILES string of the molecule is CC(C)Oc1ccc(C(=O)N2CCc3c(nn(C)c3-c3cccc(Cl)c3)C2C)cn1. The fraction of sp³-hybridized carbons (Fsp3) is 0.348. The van der Waals surface area contributed by atoms with E-state index >= 15 is 0 Å². The lowest BCUT2D eigenvalue weighted by molar-refractivity contribution is 0.0673. The van der Waals surface area contributed by atoms with Crippen LogP contribution in [-0.4, -0.2) is 38.2 Å². The van der Waals surface area contributed by atoms with E-state index in [9.17, 15) is 4.79 Å². The van der Waals surface area contributed by atoms with Gasteiger partial charge in [-0.2, -0.15) is 5.10 Å². The maximum absolute atomic E-state index is 13.2. The lowest BCUT2D eigenvalue weighted by Gasteiger charge is -2.33.